The number of carbonyl (C=O) groups excluding carboxylic acids is 1. The minimum absolute atomic E-state index is 0.105. The first-order valence-electron chi connectivity index (χ1n) is 9.92. The van der Waals surface area contributed by atoms with Crippen molar-refractivity contribution in [2.24, 2.45) is 0 Å². The number of hydrogen-bond acceptors (Lipinski definition) is 4. The molecule has 7 heteroatoms. The molecular formula is C22H28N2O4S. The Hall–Kier alpha value is -2.38. The van der Waals surface area contributed by atoms with Crippen LogP contribution in [0.5, 0.6) is 5.75 Å². The third-order valence-corrected chi connectivity index (χ3v) is 6.92. The minimum atomic E-state index is -3.57. The Morgan fingerprint density at radius 3 is 2.38 bits per heavy atom. The third kappa shape index (κ3) is 5.16. The molecule has 2 aromatic carbocycles. The monoisotopic (exact) mass is 416 g/mol. The highest BCUT2D eigenvalue weighted by atomic mass is 32.2. The number of ether oxygens (including phenoxy) is 1. The molecule has 1 saturated heterocycles. The fourth-order valence-electron chi connectivity index (χ4n) is 3.33. The molecule has 0 aliphatic carbocycles. The molecule has 1 aliphatic heterocycles. The molecule has 1 fully saturated rings. The fraction of sp³-hybridized carbons (Fsp3) is 0.409. The normalized spacial score (nSPS) is 14.9. The van der Waals surface area contributed by atoms with E-state index in [-0.39, 0.29) is 16.9 Å². The van der Waals surface area contributed by atoms with Crippen LogP contribution in [0.4, 0.5) is 0 Å². The van der Waals surface area contributed by atoms with E-state index in [1.807, 2.05) is 38.1 Å². The number of benzene rings is 2. The molecule has 6 nitrogen and oxygen atoms in total. The minimum Gasteiger partial charge on any atom is -0.491 e. The van der Waals surface area contributed by atoms with Gasteiger partial charge in [-0.2, -0.15) is 4.31 Å². The van der Waals surface area contributed by atoms with Crippen molar-refractivity contribution in [3.8, 4) is 5.75 Å². The summed E-state index contributed by atoms with van der Waals surface area (Å²) in [5.74, 6) is 0.482. The quantitative estimate of drug-likeness (QED) is 0.750. The largest absolute Gasteiger partial charge is 0.491 e. The van der Waals surface area contributed by atoms with Crippen LogP contribution in [0, 0.1) is 6.92 Å². The molecule has 0 spiro atoms. The number of aryl methyl sites for hydroxylation is 1. The second-order valence-electron chi connectivity index (χ2n) is 7.58. The molecule has 1 heterocycles. The zero-order chi connectivity index (χ0) is 21.0. The van der Waals surface area contributed by atoms with Crippen molar-refractivity contribution in [1.29, 1.82) is 0 Å². The number of hydrogen-bond donors (Lipinski definition) is 1. The van der Waals surface area contributed by atoms with Gasteiger partial charge in [0.1, 0.15) is 5.75 Å². The Bertz CT molecular complexity index is 963. The second kappa shape index (κ2) is 8.97. The smallest absolute Gasteiger partial charge is 0.251 e. The van der Waals surface area contributed by atoms with Gasteiger partial charge in [0, 0.05) is 25.2 Å². The summed E-state index contributed by atoms with van der Waals surface area (Å²) in [6, 6.07) is 12.4. The van der Waals surface area contributed by atoms with Gasteiger partial charge >= 0.3 is 0 Å². The molecule has 0 bridgehead atoms. The van der Waals surface area contributed by atoms with E-state index >= 15 is 0 Å². The second-order valence-corrected chi connectivity index (χ2v) is 9.49. The van der Waals surface area contributed by atoms with Crippen LogP contribution in [0.15, 0.2) is 47.4 Å². The SMILES string of the molecule is Cc1ccc(C(=O)NCc2ccc(OC(C)C)cc2)cc1S(=O)(=O)N1CCCC1. The molecular weight excluding hydrogens is 388 g/mol. The molecule has 0 atom stereocenters. The van der Waals surface area contributed by atoms with E-state index in [0.717, 1.165) is 24.2 Å². The number of nitrogens with zero attached hydrogens (tertiary/aromatic N) is 1. The summed E-state index contributed by atoms with van der Waals surface area (Å²) in [5, 5.41) is 2.85. The summed E-state index contributed by atoms with van der Waals surface area (Å²) in [4.78, 5) is 12.8. The maximum Gasteiger partial charge on any atom is 0.251 e. The predicted octanol–water partition coefficient (Wildman–Crippen LogP) is 3.50. The van der Waals surface area contributed by atoms with Crippen molar-refractivity contribution in [3.05, 3.63) is 59.2 Å². The van der Waals surface area contributed by atoms with E-state index in [1.54, 1.807) is 19.1 Å². The van der Waals surface area contributed by atoms with E-state index < -0.39 is 10.0 Å². The zero-order valence-electron chi connectivity index (χ0n) is 17.1. The van der Waals surface area contributed by atoms with Crippen LogP contribution >= 0.6 is 0 Å². The number of amides is 1. The van der Waals surface area contributed by atoms with Gasteiger partial charge in [-0.25, -0.2) is 8.42 Å². The van der Waals surface area contributed by atoms with Gasteiger partial charge in [0.15, 0.2) is 0 Å². The summed E-state index contributed by atoms with van der Waals surface area (Å²) in [7, 11) is -3.57. The van der Waals surface area contributed by atoms with Gasteiger partial charge in [0.2, 0.25) is 10.0 Å². The van der Waals surface area contributed by atoms with Gasteiger partial charge in [-0.05, 0) is 69.0 Å². The molecule has 0 aromatic heterocycles. The zero-order valence-corrected chi connectivity index (χ0v) is 18.0. The fourth-order valence-corrected chi connectivity index (χ4v) is 5.10. The topological polar surface area (TPSA) is 75.7 Å². The van der Waals surface area contributed by atoms with Gasteiger partial charge in [-0.1, -0.05) is 18.2 Å². The van der Waals surface area contributed by atoms with Crippen LogP contribution in [0.1, 0.15) is 48.2 Å². The van der Waals surface area contributed by atoms with E-state index in [0.29, 0.717) is 30.8 Å². The maximum absolute atomic E-state index is 12.9. The van der Waals surface area contributed by atoms with Gasteiger partial charge in [0.05, 0.1) is 11.0 Å². The lowest BCUT2D eigenvalue weighted by Gasteiger charge is -2.18. The Labute approximate surface area is 172 Å². The third-order valence-electron chi connectivity index (χ3n) is 4.88. The predicted molar refractivity (Wildman–Crippen MR) is 113 cm³/mol. The summed E-state index contributed by atoms with van der Waals surface area (Å²) >= 11 is 0. The molecule has 1 amide bonds. The van der Waals surface area contributed by atoms with Crippen LogP contribution in [0.2, 0.25) is 0 Å². The highest BCUT2D eigenvalue weighted by molar-refractivity contribution is 7.89. The number of sulfonamides is 1. The van der Waals surface area contributed by atoms with Crippen molar-refractivity contribution in [2.45, 2.75) is 51.2 Å². The Morgan fingerprint density at radius 2 is 1.76 bits per heavy atom. The first kappa shape index (κ1) is 21.3. The molecule has 0 unspecified atom stereocenters. The van der Waals surface area contributed by atoms with Gasteiger partial charge < -0.3 is 10.1 Å². The number of nitrogens with one attached hydrogen (secondary N) is 1. The molecule has 1 aliphatic rings. The van der Waals surface area contributed by atoms with Gasteiger partial charge in [-0.15, -0.1) is 0 Å². The van der Waals surface area contributed by atoms with E-state index in [2.05, 4.69) is 5.32 Å². The van der Waals surface area contributed by atoms with Crippen molar-refractivity contribution >= 4 is 15.9 Å². The van der Waals surface area contributed by atoms with Gasteiger partial charge in [-0.3, -0.25) is 4.79 Å². The highest BCUT2D eigenvalue weighted by Gasteiger charge is 2.29. The van der Waals surface area contributed by atoms with Crippen LogP contribution in [-0.4, -0.2) is 37.8 Å². The van der Waals surface area contributed by atoms with Crippen LogP contribution < -0.4 is 10.1 Å². The molecule has 3 rings (SSSR count). The molecule has 29 heavy (non-hydrogen) atoms. The van der Waals surface area contributed by atoms with Crippen LogP contribution in [0.25, 0.3) is 0 Å². The van der Waals surface area contributed by atoms with Crippen molar-refractivity contribution in [1.82, 2.24) is 9.62 Å². The molecule has 0 saturated carbocycles. The average Bonchev–Trinajstić information content (AvgIpc) is 3.23. The molecule has 156 valence electrons. The summed E-state index contributed by atoms with van der Waals surface area (Å²) in [5.41, 5.74) is 1.92. The highest BCUT2D eigenvalue weighted by Crippen LogP contribution is 2.24. The van der Waals surface area contributed by atoms with Crippen molar-refractivity contribution in [2.75, 3.05) is 13.1 Å². The van der Waals surface area contributed by atoms with Crippen LogP contribution in [-0.2, 0) is 16.6 Å². The van der Waals surface area contributed by atoms with E-state index in [4.69, 9.17) is 4.74 Å². The Kier molecular flexibility index (Phi) is 6.59. The van der Waals surface area contributed by atoms with E-state index in [9.17, 15) is 13.2 Å². The van der Waals surface area contributed by atoms with Crippen LogP contribution in [0.3, 0.4) is 0 Å². The average molecular weight is 417 g/mol. The van der Waals surface area contributed by atoms with E-state index in [1.165, 1.54) is 10.4 Å². The maximum atomic E-state index is 12.9. The number of rotatable bonds is 7. The van der Waals surface area contributed by atoms with Gasteiger partial charge in [0.25, 0.3) is 5.91 Å². The first-order chi connectivity index (χ1) is 13.8. The summed E-state index contributed by atoms with van der Waals surface area (Å²) < 4.78 is 32.9. The lowest BCUT2D eigenvalue weighted by Crippen LogP contribution is -2.29. The first-order valence-corrected chi connectivity index (χ1v) is 11.4. The Balaban J connectivity index is 1.70. The van der Waals surface area contributed by atoms with Crippen molar-refractivity contribution < 1.29 is 17.9 Å². The summed E-state index contributed by atoms with van der Waals surface area (Å²) in [6.07, 6.45) is 1.85. The standard InChI is InChI=1S/C22H28N2O4S/c1-16(2)28-20-10-7-18(8-11-20)15-23-22(25)19-9-6-17(3)21(14-19)29(26,27)24-12-4-5-13-24/h6-11,14,16H,4-5,12-13,15H2,1-3H3,(H,23,25). The number of carbonyl (C=O) groups is 1. The Morgan fingerprint density at radius 1 is 1.10 bits per heavy atom. The molecule has 1 N–H and O–H groups in total. The lowest BCUT2D eigenvalue weighted by atomic mass is 10.1. The molecule has 2 aromatic rings. The van der Waals surface area contributed by atoms with Crippen molar-refractivity contribution in [3.63, 3.8) is 0 Å². The summed E-state index contributed by atoms with van der Waals surface area (Å²) in [6.45, 7) is 7.11. The lowest BCUT2D eigenvalue weighted by molar-refractivity contribution is 0.0950. The molecule has 0 radical (unpaired) electrons.